The molecule has 5 N–H and O–H groups in total. The van der Waals surface area contributed by atoms with E-state index in [1.54, 1.807) is 0 Å². The van der Waals surface area contributed by atoms with Crippen molar-refractivity contribution < 1.29 is 14.3 Å². The number of aromatic nitrogens is 1. The van der Waals surface area contributed by atoms with E-state index in [4.69, 9.17) is 10.6 Å². The molecule has 1 aromatic carbocycles. The summed E-state index contributed by atoms with van der Waals surface area (Å²) in [7, 11) is 0. The number of hydrogen-bond acceptors (Lipinski definition) is 4. The first-order chi connectivity index (χ1) is 14.2. The molecule has 0 aliphatic heterocycles. The molecule has 2 amide bonds. The summed E-state index contributed by atoms with van der Waals surface area (Å²) in [5.74, 6) is 5.21. The molecule has 0 unspecified atom stereocenters. The molecule has 1 saturated carbocycles. The molecule has 2 aromatic rings. The van der Waals surface area contributed by atoms with Gasteiger partial charge in [0.1, 0.15) is 5.60 Å². The Morgan fingerprint density at radius 3 is 2.53 bits per heavy atom. The summed E-state index contributed by atoms with van der Waals surface area (Å²) in [5.41, 5.74) is 3.62. The number of nitrogens with two attached hydrogens (primary N) is 1. The zero-order valence-electron chi connectivity index (χ0n) is 18.0. The van der Waals surface area contributed by atoms with E-state index in [1.165, 1.54) is 0 Å². The van der Waals surface area contributed by atoms with E-state index in [0.29, 0.717) is 12.1 Å². The van der Waals surface area contributed by atoms with E-state index < -0.39 is 17.1 Å². The van der Waals surface area contributed by atoms with Crippen molar-refractivity contribution in [1.82, 2.24) is 15.7 Å². The van der Waals surface area contributed by atoms with Gasteiger partial charge in [0, 0.05) is 28.7 Å². The van der Waals surface area contributed by atoms with E-state index >= 15 is 0 Å². The van der Waals surface area contributed by atoms with Crippen molar-refractivity contribution in [2.45, 2.75) is 58.5 Å². The van der Waals surface area contributed by atoms with Crippen molar-refractivity contribution >= 4 is 29.0 Å². The monoisotopic (exact) mass is 412 g/mol. The van der Waals surface area contributed by atoms with Crippen LogP contribution in [0.15, 0.2) is 35.9 Å². The summed E-state index contributed by atoms with van der Waals surface area (Å²) in [4.78, 5) is 28.5. The molecule has 7 heteroatoms. The number of alkyl carbamates (subject to hydrolysis) is 1. The van der Waals surface area contributed by atoms with E-state index in [-0.39, 0.29) is 5.91 Å². The third kappa shape index (κ3) is 5.21. The number of aromatic amines is 1. The number of nitrogens with one attached hydrogen (secondary N) is 3. The van der Waals surface area contributed by atoms with Crippen LogP contribution in [0.2, 0.25) is 0 Å². The van der Waals surface area contributed by atoms with Crippen LogP contribution in [0.25, 0.3) is 17.0 Å². The van der Waals surface area contributed by atoms with Crippen LogP contribution in [0.4, 0.5) is 4.79 Å². The Bertz CT molecular complexity index is 900. The summed E-state index contributed by atoms with van der Waals surface area (Å²) in [6, 6.07) is 9.97. The van der Waals surface area contributed by atoms with E-state index in [0.717, 1.165) is 48.7 Å². The summed E-state index contributed by atoms with van der Waals surface area (Å²) < 4.78 is 5.40. The van der Waals surface area contributed by atoms with Gasteiger partial charge < -0.3 is 15.0 Å². The molecule has 1 aliphatic rings. The second-order valence-electron chi connectivity index (χ2n) is 9.04. The Kier molecular flexibility index (Phi) is 6.51. The van der Waals surface area contributed by atoms with Gasteiger partial charge in [-0.2, -0.15) is 0 Å². The Hall–Kier alpha value is -2.80. The standard InChI is InChI=1S/C23H32N4O3/c1-22(2,3)30-21(29)25-15-23(11-7-4-8-12-23)18(20(28)27-24)14-17-13-16-9-5-6-10-19(16)26-17/h5-6,9-10,13-14,26H,4,7-8,11-12,15,24H2,1-3H3,(H,25,29)(H,27,28). The molecular formula is C23H32N4O3. The number of carbonyl (C=O) groups is 2. The lowest BCUT2D eigenvalue weighted by molar-refractivity contribution is -0.118. The van der Waals surface area contributed by atoms with Crippen LogP contribution in [-0.4, -0.2) is 29.1 Å². The van der Waals surface area contributed by atoms with Crippen molar-refractivity contribution in [3.8, 4) is 0 Å². The molecule has 3 rings (SSSR count). The van der Waals surface area contributed by atoms with Gasteiger partial charge in [0.25, 0.3) is 5.91 Å². The average Bonchev–Trinajstić information content (AvgIpc) is 3.12. The first kappa shape index (κ1) is 21.9. The van der Waals surface area contributed by atoms with Crippen LogP contribution in [0.5, 0.6) is 0 Å². The second-order valence-corrected chi connectivity index (χ2v) is 9.04. The smallest absolute Gasteiger partial charge is 0.407 e. The third-order valence-corrected chi connectivity index (χ3v) is 5.58. The number of hydrogen-bond donors (Lipinski definition) is 4. The molecule has 0 radical (unpaired) electrons. The molecule has 1 fully saturated rings. The second kappa shape index (κ2) is 8.92. The van der Waals surface area contributed by atoms with Gasteiger partial charge in [0.2, 0.25) is 0 Å². The Morgan fingerprint density at radius 1 is 1.20 bits per heavy atom. The fourth-order valence-electron chi connectivity index (χ4n) is 4.19. The first-order valence-corrected chi connectivity index (χ1v) is 10.5. The van der Waals surface area contributed by atoms with Crippen molar-refractivity contribution in [3.63, 3.8) is 0 Å². The number of amides is 2. The van der Waals surface area contributed by atoms with Crippen LogP contribution >= 0.6 is 0 Å². The van der Waals surface area contributed by atoms with Gasteiger partial charge in [-0.15, -0.1) is 0 Å². The SMILES string of the molecule is CC(C)(C)OC(=O)NCC1(C(=Cc2cc3ccccc3[nH]2)C(=O)NN)CCCCC1. The van der Waals surface area contributed by atoms with Crippen LogP contribution in [0.3, 0.4) is 0 Å². The van der Waals surface area contributed by atoms with Gasteiger partial charge in [-0.1, -0.05) is 37.5 Å². The van der Waals surface area contributed by atoms with E-state index in [9.17, 15) is 9.59 Å². The minimum absolute atomic E-state index is 0.321. The molecular weight excluding hydrogens is 380 g/mol. The quantitative estimate of drug-likeness (QED) is 0.257. The number of benzene rings is 1. The molecule has 30 heavy (non-hydrogen) atoms. The van der Waals surface area contributed by atoms with Crippen LogP contribution in [0, 0.1) is 5.41 Å². The highest BCUT2D eigenvalue weighted by Gasteiger charge is 2.39. The summed E-state index contributed by atoms with van der Waals surface area (Å²) >= 11 is 0. The van der Waals surface area contributed by atoms with Crippen LogP contribution in [0.1, 0.15) is 58.6 Å². The van der Waals surface area contributed by atoms with Gasteiger partial charge in [-0.05, 0) is 57.2 Å². The number of H-pyrrole nitrogens is 1. The number of hydrazine groups is 1. The van der Waals surface area contributed by atoms with E-state index in [1.807, 2.05) is 57.2 Å². The first-order valence-electron chi connectivity index (χ1n) is 10.5. The molecule has 0 bridgehead atoms. The number of fused-ring (bicyclic) bond motifs is 1. The summed E-state index contributed by atoms with van der Waals surface area (Å²) in [6.45, 7) is 5.80. The number of carbonyl (C=O) groups excluding carboxylic acids is 2. The predicted molar refractivity (Wildman–Crippen MR) is 118 cm³/mol. The lowest BCUT2D eigenvalue weighted by atomic mass is 9.68. The third-order valence-electron chi connectivity index (χ3n) is 5.58. The maximum Gasteiger partial charge on any atom is 0.407 e. The molecule has 162 valence electrons. The highest BCUT2D eigenvalue weighted by Crippen LogP contribution is 2.43. The maximum absolute atomic E-state index is 12.8. The fourth-order valence-corrected chi connectivity index (χ4v) is 4.19. The zero-order chi connectivity index (χ0) is 21.8. The summed E-state index contributed by atoms with van der Waals surface area (Å²) in [6.07, 6.45) is 6.05. The topological polar surface area (TPSA) is 109 Å². The number of para-hydroxylation sites is 1. The lowest BCUT2D eigenvalue weighted by Gasteiger charge is -2.39. The minimum Gasteiger partial charge on any atom is -0.444 e. The van der Waals surface area contributed by atoms with Crippen molar-refractivity contribution in [3.05, 3.63) is 41.6 Å². The van der Waals surface area contributed by atoms with Crippen LogP contribution < -0.4 is 16.6 Å². The Labute approximate surface area is 177 Å². The fraction of sp³-hybridized carbons (Fsp3) is 0.478. The molecule has 1 aromatic heterocycles. The van der Waals surface area contributed by atoms with Gasteiger partial charge in [-0.3, -0.25) is 10.2 Å². The molecule has 1 aliphatic carbocycles. The normalized spacial score (nSPS) is 16.9. The van der Waals surface area contributed by atoms with Crippen LogP contribution in [-0.2, 0) is 9.53 Å². The largest absolute Gasteiger partial charge is 0.444 e. The highest BCUT2D eigenvalue weighted by atomic mass is 16.6. The molecule has 1 heterocycles. The average molecular weight is 413 g/mol. The predicted octanol–water partition coefficient (Wildman–Crippen LogP) is 4.02. The molecule has 0 saturated heterocycles. The van der Waals surface area contributed by atoms with Gasteiger partial charge >= 0.3 is 6.09 Å². The molecule has 0 atom stereocenters. The number of rotatable bonds is 5. The van der Waals surface area contributed by atoms with Crippen molar-refractivity contribution in [2.24, 2.45) is 11.3 Å². The van der Waals surface area contributed by atoms with Crippen molar-refractivity contribution in [2.75, 3.05) is 6.54 Å². The maximum atomic E-state index is 12.8. The Balaban J connectivity index is 1.94. The number of ether oxygens (including phenoxy) is 1. The highest BCUT2D eigenvalue weighted by molar-refractivity contribution is 5.99. The lowest BCUT2D eigenvalue weighted by Crippen LogP contribution is -2.46. The summed E-state index contributed by atoms with van der Waals surface area (Å²) in [5, 5.41) is 3.96. The molecule has 0 spiro atoms. The zero-order valence-corrected chi connectivity index (χ0v) is 18.0. The minimum atomic E-state index is -0.582. The van der Waals surface area contributed by atoms with Gasteiger partial charge in [0.15, 0.2) is 0 Å². The molecule has 7 nitrogen and oxygen atoms in total. The van der Waals surface area contributed by atoms with Crippen molar-refractivity contribution in [1.29, 1.82) is 0 Å². The Morgan fingerprint density at radius 2 is 1.90 bits per heavy atom. The van der Waals surface area contributed by atoms with E-state index in [2.05, 4.69) is 15.7 Å². The van der Waals surface area contributed by atoms with Gasteiger partial charge in [-0.25, -0.2) is 10.6 Å². The van der Waals surface area contributed by atoms with Gasteiger partial charge in [0.05, 0.1) is 0 Å².